The summed E-state index contributed by atoms with van der Waals surface area (Å²) >= 11 is 0. The van der Waals surface area contributed by atoms with Crippen LogP contribution in [0.3, 0.4) is 0 Å². The molecule has 0 fully saturated rings. The van der Waals surface area contributed by atoms with Crippen LogP contribution >= 0.6 is 0 Å². The van der Waals surface area contributed by atoms with Gasteiger partial charge in [-0.25, -0.2) is 0 Å². The minimum Gasteiger partial charge on any atom is -0.398 e. The summed E-state index contributed by atoms with van der Waals surface area (Å²) in [7, 11) is 1.82. The average molecular weight is 217 g/mol. The van der Waals surface area contributed by atoms with Crippen LogP contribution in [0.1, 0.15) is 23.6 Å². The van der Waals surface area contributed by atoms with Gasteiger partial charge in [-0.3, -0.25) is 0 Å². The van der Waals surface area contributed by atoms with E-state index >= 15 is 0 Å². The number of hydrogen-bond acceptors (Lipinski definition) is 3. The first kappa shape index (κ1) is 12.3. The van der Waals surface area contributed by atoms with Gasteiger partial charge in [0.15, 0.2) is 0 Å². The molecular formula is C13H19N3. The van der Waals surface area contributed by atoms with Crippen LogP contribution in [-0.2, 0) is 6.42 Å². The lowest BCUT2D eigenvalue weighted by Crippen LogP contribution is -2.01. The summed E-state index contributed by atoms with van der Waals surface area (Å²) in [5.41, 5.74) is 10.9. The summed E-state index contributed by atoms with van der Waals surface area (Å²) in [5, 5.41) is 10.3. The predicted octanol–water partition coefficient (Wildman–Crippen LogP) is 2.35. The van der Waals surface area contributed by atoms with Crippen LogP contribution in [0.5, 0.6) is 0 Å². The molecule has 0 bridgehead atoms. The third kappa shape index (κ3) is 2.42. The van der Waals surface area contributed by atoms with E-state index in [4.69, 9.17) is 11.1 Å². The Morgan fingerprint density at radius 3 is 2.69 bits per heavy atom. The summed E-state index contributed by atoms with van der Waals surface area (Å²) in [6, 6.07) is 4.04. The molecule has 0 saturated carbocycles. The molecule has 0 aliphatic carbocycles. The fourth-order valence-electron chi connectivity index (χ4n) is 1.75. The molecule has 0 saturated heterocycles. The highest BCUT2D eigenvalue weighted by Crippen LogP contribution is 2.23. The lowest BCUT2D eigenvalue weighted by molar-refractivity contribution is 1.10. The van der Waals surface area contributed by atoms with E-state index in [2.05, 4.69) is 18.3 Å². The molecule has 3 nitrogen and oxygen atoms in total. The average Bonchev–Trinajstić information content (AvgIpc) is 2.28. The maximum atomic E-state index is 7.39. The fraction of sp³-hybridized carbons (Fsp3) is 0.308. The number of anilines is 1. The van der Waals surface area contributed by atoms with Crippen molar-refractivity contribution in [3.8, 4) is 0 Å². The van der Waals surface area contributed by atoms with E-state index < -0.39 is 0 Å². The Kier molecular flexibility index (Phi) is 4.11. The topological polar surface area (TPSA) is 61.9 Å². The first-order valence-electron chi connectivity index (χ1n) is 5.41. The molecular weight excluding hydrogens is 198 g/mol. The molecule has 86 valence electrons. The second-order valence-corrected chi connectivity index (χ2v) is 3.75. The zero-order chi connectivity index (χ0) is 12.1. The molecule has 0 spiro atoms. The molecule has 0 radical (unpaired) electrons. The standard InChI is InChI=1S/C13H19N3/c1-4-10-5-9(2)12(6-13(10)15)11(7-14)8-16-3/h5-8,14,16H,4,15H2,1-3H3/b11-8+,14-7?. The van der Waals surface area contributed by atoms with Crippen LogP contribution < -0.4 is 11.1 Å². The SMILES string of the molecule is CCc1cc(C)c(/C(C=N)=C/NC)cc1N. The number of nitrogens with two attached hydrogens (primary N) is 1. The Balaban J connectivity index is 3.29. The Labute approximate surface area is 96.9 Å². The van der Waals surface area contributed by atoms with Crippen molar-refractivity contribution in [2.75, 3.05) is 12.8 Å². The van der Waals surface area contributed by atoms with Crippen molar-refractivity contribution < 1.29 is 0 Å². The van der Waals surface area contributed by atoms with E-state index in [1.54, 1.807) is 6.20 Å². The van der Waals surface area contributed by atoms with E-state index in [1.807, 2.05) is 20.0 Å². The normalized spacial score (nSPS) is 11.3. The second-order valence-electron chi connectivity index (χ2n) is 3.75. The van der Waals surface area contributed by atoms with Gasteiger partial charge in [-0.15, -0.1) is 0 Å². The third-order valence-electron chi connectivity index (χ3n) is 2.63. The zero-order valence-electron chi connectivity index (χ0n) is 10.1. The van der Waals surface area contributed by atoms with Gasteiger partial charge >= 0.3 is 0 Å². The summed E-state index contributed by atoms with van der Waals surface area (Å²) < 4.78 is 0. The van der Waals surface area contributed by atoms with Gasteiger partial charge in [0.25, 0.3) is 0 Å². The van der Waals surface area contributed by atoms with Crippen molar-refractivity contribution in [1.82, 2.24) is 5.32 Å². The number of hydrogen-bond donors (Lipinski definition) is 3. The number of rotatable bonds is 4. The largest absolute Gasteiger partial charge is 0.398 e. The summed E-state index contributed by atoms with van der Waals surface area (Å²) in [6.45, 7) is 4.13. The number of allylic oxidation sites excluding steroid dienone is 1. The van der Waals surface area contributed by atoms with Crippen molar-refractivity contribution in [3.63, 3.8) is 0 Å². The van der Waals surface area contributed by atoms with E-state index in [1.165, 1.54) is 6.21 Å². The van der Waals surface area contributed by atoms with Crippen LogP contribution in [0.2, 0.25) is 0 Å². The molecule has 0 heterocycles. The minimum absolute atomic E-state index is 0.798. The van der Waals surface area contributed by atoms with E-state index in [-0.39, 0.29) is 0 Å². The zero-order valence-corrected chi connectivity index (χ0v) is 10.1. The molecule has 0 unspecified atom stereocenters. The Hall–Kier alpha value is -1.77. The number of benzene rings is 1. The van der Waals surface area contributed by atoms with Gasteiger partial charge in [0.1, 0.15) is 0 Å². The Morgan fingerprint density at radius 1 is 1.50 bits per heavy atom. The monoisotopic (exact) mass is 217 g/mol. The molecule has 0 amide bonds. The maximum absolute atomic E-state index is 7.39. The lowest BCUT2D eigenvalue weighted by atomic mass is 9.97. The van der Waals surface area contributed by atoms with E-state index in [0.29, 0.717) is 0 Å². The highest BCUT2D eigenvalue weighted by atomic mass is 14.8. The van der Waals surface area contributed by atoms with Gasteiger partial charge in [-0.2, -0.15) is 0 Å². The second kappa shape index (κ2) is 5.35. The van der Waals surface area contributed by atoms with Gasteiger partial charge in [-0.05, 0) is 36.1 Å². The van der Waals surface area contributed by atoms with E-state index in [0.717, 1.165) is 34.4 Å². The fourth-order valence-corrected chi connectivity index (χ4v) is 1.75. The van der Waals surface area contributed by atoms with Crippen LogP contribution in [0, 0.1) is 12.3 Å². The quantitative estimate of drug-likeness (QED) is 0.535. The molecule has 3 heteroatoms. The minimum atomic E-state index is 0.798. The molecule has 0 aliphatic heterocycles. The molecule has 16 heavy (non-hydrogen) atoms. The van der Waals surface area contributed by atoms with Crippen LogP contribution in [0.15, 0.2) is 18.3 Å². The van der Waals surface area contributed by atoms with Gasteiger partial charge in [-0.1, -0.05) is 13.0 Å². The molecule has 1 aromatic carbocycles. The third-order valence-corrected chi connectivity index (χ3v) is 2.63. The summed E-state index contributed by atoms with van der Waals surface area (Å²) in [6.07, 6.45) is 4.08. The lowest BCUT2D eigenvalue weighted by Gasteiger charge is -2.11. The van der Waals surface area contributed by atoms with Crippen LogP contribution in [0.4, 0.5) is 5.69 Å². The van der Waals surface area contributed by atoms with Crippen molar-refractivity contribution in [2.45, 2.75) is 20.3 Å². The Morgan fingerprint density at radius 2 is 2.19 bits per heavy atom. The van der Waals surface area contributed by atoms with Crippen molar-refractivity contribution in [3.05, 3.63) is 35.0 Å². The number of nitrogens with one attached hydrogen (secondary N) is 2. The first-order chi connectivity index (χ1) is 7.63. The summed E-state index contributed by atoms with van der Waals surface area (Å²) in [5.74, 6) is 0. The van der Waals surface area contributed by atoms with Crippen molar-refractivity contribution >= 4 is 17.5 Å². The van der Waals surface area contributed by atoms with Crippen LogP contribution in [-0.4, -0.2) is 13.3 Å². The Bertz CT molecular complexity index is 419. The van der Waals surface area contributed by atoms with Crippen LogP contribution in [0.25, 0.3) is 5.57 Å². The molecule has 0 atom stereocenters. The number of aryl methyl sites for hydroxylation is 2. The van der Waals surface area contributed by atoms with Crippen molar-refractivity contribution in [1.29, 1.82) is 5.41 Å². The molecule has 0 aliphatic rings. The van der Waals surface area contributed by atoms with Crippen molar-refractivity contribution in [2.24, 2.45) is 0 Å². The molecule has 4 N–H and O–H groups in total. The maximum Gasteiger partial charge on any atom is 0.0352 e. The highest BCUT2D eigenvalue weighted by Gasteiger charge is 2.06. The smallest absolute Gasteiger partial charge is 0.0352 e. The summed E-state index contributed by atoms with van der Waals surface area (Å²) in [4.78, 5) is 0. The van der Waals surface area contributed by atoms with Gasteiger partial charge in [0.2, 0.25) is 0 Å². The number of nitrogen functional groups attached to an aromatic ring is 1. The van der Waals surface area contributed by atoms with Gasteiger partial charge in [0.05, 0.1) is 0 Å². The predicted molar refractivity (Wildman–Crippen MR) is 70.8 cm³/mol. The first-order valence-corrected chi connectivity index (χ1v) is 5.41. The van der Waals surface area contributed by atoms with Gasteiger partial charge < -0.3 is 16.5 Å². The molecule has 1 rings (SSSR count). The van der Waals surface area contributed by atoms with E-state index in [9.17, 15) is 0 Å². The molecule has 1 aromatic rings. The molecule has 0 aromatic heterocycles. The highest BCUT2D eigenvalue weighted by molar-refractivity contribution is 6.09. The van der Waals surface area contributed by atoms with Gasteiger partial charge in [0, 0.05) is 30.7 Å².